The molecule has 4 heteroatoms. The molecule has 2 nitrogen and oxygen atoms in total. The first kappa shape index (κ1) is 11.7. The van der Waals surface area contributed by atoms with Crippen molar-refractivity contribution in [1.29, 1.82) is 0 Å². The van der Waals surface area contributed by atoms with E-state index in [2.05, 4.69) is 15.9 Å². The highest BCUT2D eigenvalue weighted by molar-refractivity contribution is 9.09. The van der Waals surface area contributed by atoms with Crippen molar-refractivity contribution in [1.82, 2.24) is 0 Å². The van der Waals surface area contributed by atoms with Crippen LogP contribution in [0.4, 0.5) is 0 Å². The molecule has 0 fully saturated rings. The number of carbonyl (C=O) groups excluding carboxylic acids is 1. The van der Waals surface area contributed by atoms with E-state index in [1.807, 2.05) is 0 Å². The standard InChI is InChI=1S/C10H10BrClO2/c1-6(14)10(11)7-3-2-4-9(12)8(7)5-13/h2-4,10,13H,5H2,1H3. The van der Waals surface area contributed by atoms with Crippen molar-refractivity contribution < 1.29 is 9.90 Å². The molecule has 0 bridgehead atoms. The predicted octanol–water partition coefficient (Wildman–Crippen LogP) is 2.86. The highest BCUT2D eigenvalue weighted by Gasteiger charge is 2.17. The molecule has 1 atom stereocenters. The Morgan fingerprint density at radius 1 is 1.64 bits per heavy atom. The molecule has 0 amide bonds. The van der Waals surface area contributed by atoms with Gasteiger partial charge in [0.1, 0.15) is 5.78 Å². The Morgan fingerprint density at radius 2 is 2.29 bits per heavy atom. The number of alkyl halides is 1. The zero-order valence-corrected chi connectivity index (χ0v) is 9.97. The summed E-state index contributed by atoms with van der Waals surface area (Å²) < 4.78 is 0. The number of hydrogen-bond acceptors (Lipinski definition) is 2. The average molecular weight is 278 g/mol. The summed E-state index contributed by atoms with van der Waals surface area (Å²) in [5.74, 6) is -0.0121. The highest BCUT2D eigenvalue weighted by atomic mass is 79.9. The largest absolute Gasteiger partial charge is 0.392 e. The number of benzene rings is 1. The van der Waals surface area contributed by atoms with E-state index < -0.39 is 4.83 Å². The number of rotatable bonds is 3. The molecule has 0 aliphatic carbocycles. The summed E-state index contributed by atoms with van der Waals surface area (Å²) in [7, 11) is 0. The van der Waals surface area contributed by atoms with Crippen LogP contribution in [0.3, 0.4) is 0 Å². The summed E-state index contributed by atoms with van der Waals surface area (Å²) in [6, 6.07) is 5.22. The lowest BCUT2D eigenvalue weighted by atomic mass is 10.0. The fraction of sp³-hybridized carbons (Fsp3) is 0.300. The van der Waals surface area contributed by atoms with Crippen LogP contribution in [0.5, 0.6) is 0 Å². The molecule has 0 aliphatic rings. The van der Waals surface area contributed by atoms with E-state index in [1.54, 1.807) is 18.2 Å². The van der Waals surface area contributed by atoms with Crippen molar-refractivity contribution in [3.63, 3.8) is 0 Å². The Labute approximate surface area is 96.0 Å². The van der Waals surface area contributed by atoms with E-state index >= 15 is 0 Å². The molecule has 1 aromatic carbocycles. The Kier molecular flexibility index (Phi) is 4.11. The van der Waals surface area contributed by atoms with E-state index in [4.69, 9.17) is 16.7 Å². The van der Waals surface area contributed by atoms with Crippen LogP contribution >= 0.6 is 27.5 Å². The molecular formula is C10H10BrClO2. The minimum atomic E-state index is -0.400. The molecule has 0 radical (unpaired) electrons. The summed E-state index contributed by atoms with van der Waals surface area (Å²) >= 11 is 9.14. The number of carbonyl (C=O) groups is 1. The average Bonchev–Trinajstić information content (AvgIpc) is 2.16. The van der Waals surface area contributed by atoms with Crippen molar-refractivity contribution in [2.45, 2.75) is 18.4 Å². The molecule has 0 saturated carbocycles. The maximum atomic E-state index is 11.2. The highest BCUT2D eigenvalue weighted by Crippen LogP contribution is 2.30. The van der Waals surface area contributed by atoms with Gasteiger partial charge in [-0.25, -0.2) is 0 Å². The Morgan fingerprint density at radius 3 is 2.79 bits per heavy atom. The van der Waals surface area contributed by atoms with Crippen molar-refractivity contribution >= 4 is 33.3 Å². The molecule has 0 saturated heterocycles. The fourth-order valence-corrected chi connectivity index (χ4v) is 1.87. The van der Waals surface area contributed by atoms with Crippen LogP contribution in [0.15, 0.2) is 18.2 Å². The monoisotopic (exact) mass is 276 g/mol. The minimum absolute atomic E-state index is 0.0121. The molecule has 0 aliphatic heterocycles. The molecular weight excluding hydrogens is 267 g/mol. The van der Waals surface area contributed by atoms with E-state index in [9.17, 15) is 4.79 Å². The summed E-state index contributed by atoms with van der Waals surface area (Å²) in [5.41, 5.74) is 1.33. The topological polar surface area (TPSA) is 37.3 Å². The van der Waals surface area contributed by atoms with Crippen LogP contribution in [0.2, 0.25) is 5.02 Å². The van der Waals surface area contributed by atoms with Gasteiger partial charge in [-0.05, 0) is 18.6 Å². The van der Waals surface area contributed by atoms with Crippen LogP contribution in [0.25, 0.3) is 0 Å². The predicted molar refractivity (Wildman–Crippen MR) is 59.7 cm³/mol. The van der Waals surface area contributed by atoms with Gasteiger partial charge >= 0.3 is 0 Å². The lowest BCUT2D eigenvalue weighted by Crippen LogP contribution is -2.05. The third kappa shape index (κ3) is 2.35. The molecule has 1 unspecified atom stereocenters. The van der Waals surface area contributed by atoms with Gasteiger partial charge in [-0.1, -0.05) is 39.7 Å². The normalized spacial score (nSPS) is 12.6. The summed E-state index contributed by atoms with van der Waals surface area (Å²) in [4.78, 5) is 10.8. The van der Waals surface area contributed by atoms with Gasteiger partial charge in [-0.3, -0.25) is 4.79 Å². The molecule has 1 rings (SSSR count). The molecule has 0 heterocycles. The van der Waals surface area contributed by atoms with Gasteiger partial charge in [-0.15, -0.1) is 0 Å². The number of halogens is 2. The number of hydrogen-bond donors (Lipinski definition) is 1. The summed E-state index contributed by atoms with van der Waals surface area (Å²) in [6.45, 7) is 1.33. The third-order valence-corrected chi connectivity index (χ3v) is 3.44. The lowest BCUT2D eigenvalue weighted by molar-refractivity contribution is -0.116. The lowest BCUT2D eigenvalue weighted by Gasteiger charge is -2.12. The van der Waals surface area contributed by atoms with Gasteiger partial charge in [0.15, 0.2) is 0 Å². The van der Waals surface area contributed by atoms with Gasteiger partial charge < -0.3 is 5.11 Å². The minimum Gasteiger partial charge on any atom is -0.392 e. The van der Waals surface area contributed by atoms with Crippen LogP contribution in [0, 0.1) is 0 Å². The number of ketones is 1. The van der Waals surface area contributed by atoms with Crippen LogP contribution < -0.4 is 0 Å². The Balaban J connectivity index is 3.20. The van der Waals surface area contributed by atoms with Crippen LogP contribution in [-0.2, 0) is 11.4 Å². The number of Topliss-reactive ketones (excluding diaryl/α,β-unsaturated/α-hetero) is 1. The maximum Gasteiger partial charge on any atom is 0.147 e. The molecule has 1 aromatic rings. The second kappa shape index (κ2) is 4.91. The molecule has 14 heavy (non-hydrogen) atoms. The van der Waals surface area contributed by atoms with Crippen molar-refractivity contribution in [2.75, 3.05) is 0 Å². The zero-order chi connectivity index (χ0) is 10.7. The fourth-order valence-electron chi connectivity index (χ4n) is 1.20. The zero-order valence-electron chi connectivity index (χ0n) is 7.63. The van der Waals surface area contributed by atoms with Crippen LogP contribution in [0.1, 0.15) is 22.9 Å². The van der Waals surface area contributed by atoms with Gasteiger partial charge in [0.05, 0.1) is 11.4 Å². The summed E-state index contributed by atoms with van der Waals surface area (Å²) in [5, 5.41) is 9.60. The number of aliphatic hydroxyl groups excluding tert-OH is 1. The molecule has 0 spiro atoms. The Bertz CT molecular complexity index is 352. The van der Waals surface area contributed by atoms with Crippen molar-refractivity contribution in [3.05, 3.63) is 34.3 Å². The van der Waals surface area contributed by atoms with Gasteiger partial charge in [0.25, 0.3) is 0 Å². The molecule has 0 aromatic heterocycles. The van der Waals surface area contributed by atoms with E-state index in [-0.39, 0.29) is 12.4 Å². The van der Waals surface area contributed by atoms with E-state index in [1.165, 1.54) is 6.92 Å². The second-order valence-corrected chi connectivity index (χ2v) is 4.26. The first-order valence-corrected chi connectivity index (χ1v) is 5.40. The van der Waals surface area contributed by atoms with Crippen LogP contribution in [-0.4, -0.2) is 10.9 Å². The first-order chi connectivity index (χ1) is 6.57. The van der Waals surface area contributed by atoms with Crippen molar-refractivity contribution in [3.8, 4) is 0 Å². The summed E-state index contributed by atoms with van der Waals surface area (Å²) in [6.07, 6.45) is 0. The molecule has 76 valence electrons. The number of aliphatic hydroxyl groups is 1. The van der Waals surface area contributed by atoms with Gasteiger partial charge in [-0.2, -0.15) is 0 Å². The SMILES string of the molecule is CC(=O)C(Br)c1cccc(Cl)c1CO. The van der Waals surface area contributed by atoms with E-state index in [0.717, 1.165) is 5.56 Å². The molecule has 1 N–H and O–H groups in total. The maximum absolute atomic E-state index is 11.2. The third-order valence-electron chi connectivity index (χ3n) is 1.94. The van der Waals surface area contributed by atoms with Gasteiger partial charge in [0.2, 0.25) is 0 Å². The smallest absolute Gasteiger partial charge is 0.147 e. The second-order valence-electron chi connectivity index (χ2n) is 2.94. The van der Waals surface area contributed by atoms with Crippen molar-refractivity contribution in [2.24, 2.45) is 0 Å². The van der Waals surface area contributed by atoms with E-state index in [0.29, 0.717) is 10.6 Å². The quantitative estimate of drug-likeness (QED) is 0.863. The Hall–Kier alpha value is -0.380. The van der Waals surface area contributed by atoms with Gasteiger partial charge in [0, 0.05) is 10.6 Å². The first-order valence-electron chi connectivity index (χ1n) is 4.10.